The van der Waals surface area contributed by atoms with E-state index in [1.165, 1.54) is 4.88 Å². The van der Waals surface area contributed by atoms with Crippen LogP contribution in [0.5, 0.6) is 0 Å². The Labute approximate surface area is 155 Å². The van der Waals surface area contributed by atoms with Crippen molar-refractivity contribution in [3.05, 3.63) is 20.8 Å². The van der Waals surface area contributed by atoms with E-state index in [2.05, 4.69) is 30.7 Å². The van der Waals surface area contributed by atoms with Crippen molar-refractivity contribution in [2.75, 3.05) is 0 Å². The van der Waals surface area contributed by atoms with E-state index < -0.39 is 10.7 Å². The molecule has 0 radical (unpaired) electrons. The van der Waals surface area contributed by atoms with Gasteiger partial charge in [-0.25, -0.2) is 4.98 Å². The predicted octanol–water partition coefficient (Wildman–Crippen LogP) is 4.09. The number of thioether (sulfide) groups is 1. The molecule has 2 aromatic heterocycles. The fourth-order valence-electron chi connectivity index (χ4n) is 3.24. The second-order valence-corrected chi connectivity index (χ2v) is 11.0. The number of rotatable bonds is 3. The third-order valence-corrected chi connectivity index (χ3v) is 7.21. The minimum atomic E-state index is -1.04. The number of nitrogens with zero attached hydrogens (tertiary/aromatic N) is 1. The van der Waals surface area contributed by atoms with Crippen molar-refractivity contribution < 1.29 is 9.90 Å². The Balaban J connectivity index is 2.01. The Morgan fingerprint density at radius 3 is 2.60 bits per heavy atom. The van der Waals surface area contributed by atoms with Gasteiger partial charge in [0.1, 0.15) is 9.58 Å². The minimum absolute atomic E-state index is 0.152. The summed E-state index contributed by atoms with van der Waals surface area (Å²) in [5, 5.41) is 10.4. The first-order valence-electron chi connectivity index (χ1n) is 8.46. The minimum Gasteiger partial charge on any atom is -0.480 e. The fourth-order valence-corrected chi connectivity index (χ4v) is 5.45. The Kier molecular flexibility index (Phi) is 4.52. The van der Waals surface area contributed by atoms with Gasteiger partial charge in [-0.2, -0.15) is 0 Å². The lowest BCUT2D eigenvalue weighted by Gasteiger charge is -2.33. The van der Waals surface area contributed by atoms with Crippen LogP contribution in [0.15, 0.2) is 9.95 Å². The highest BCUT2D eigenvalue weighted by molar-refractivity contribution is 8.01. The molecule has 5 nitrogen and oxygen atoms in total. The molecule has 7 heteroatoms. The van der Waals surface area contributed by atoms with Crippen LogP contribution in [0.25, 0.3) is 10.2 Å². The quantitative estimate of drug-likeness (QED) is 0.619. The zero-order chi connectivity index (χ0) is 18.6. The van der Waals surface area contributed by atoms with Gasteiger partial charge >= 0.3 is 5.97 Å². The van der Waals surface area contributed by atoms with Crippen LogP contribution in [0.3, 0.4) is 0 Å². The molecule has 0 aromatic carbocycles. The standard InChI is InChI=1S/C18H24N2O3S2/c1-17(2,3)9-6-7-10-11(8-9)24-14-12(10)13(21)19-16(20-14)25-18(4,5)15(22)23/h9H,6-8H2,1-5H3,(H,22,23)(H,19,20,21). The summed E-state index contributed by atoms with van der Waals surface area (Å²) in [6.07, 6.45) is 2.99. The van der Waals surface area contributed by atoms with Gasteiger partial charge in [0, 0.05) is 4.88 Å². The molecule has 1 aliphatic rings. The molecule has 1 atom stereocenters. The van der Waals surface area contributed by atoms with Gasteiger partial charge in [-0.05, 0) is 50.0 Å². The lowest BCUT2D eigenvalue weighted by atomic mass is 9.72. The van der Waals surface area contributed by atoms with E-state index in [0.717, 1.165) is 41.4 Å². The summed E-state index contributed by atoms with van der Waals surface area (Å²) in [4.78, 5) is 33.3. The highest BCUT2D eigenvalue weighted by atomic mass is 32.2. The van der Waals surface area contributed by atoms with E-state index in [0.29, 0.717) is 16.5 Å². The van der Waals surface area contributed by atoms with Gasteiger partial charge in [-0.3, -0.25) is 9.59 Å². The number of carboxylic acid groups (broad SMARTS) is 1. The molecular formula is C18H24N2O3S2. The number of aromatic amines is 1. The maximum absolute atomic E-state index is 12.6. The average Bonchev–Trinajstić information content (AvgIpc) is 2.83. The third-order valence-electron chi connectivity index (χ3n) is 4.99. The van der Waals surface area contributed by atoms with Crippen LogP contribution in [0.2, 0.25) is 0 Å². The van der Waals surface area contributed by atoms with Gasteiger partial charge in [0.05, 0.1) is 5.39 Å². The summed E-state index contributed by atoms with van der Waals surface area (Å²) in [6, 6.07) is 0. The number of nitrogens with one attached hydrogen (secondary N) is 1. The number of H-pyrrole nitrogens is 1. The molecule has 136 valence electrons. The Hall–Kier alpha value is -1.34. The van der Waals surface area contributed by atoms with Gasteiger partial charge in [-0.15, -0.1) is 11.3 Å². The average molecular weight is 381 g/mol. The molecule has 2 heterocycles. The first-order chi connectivity index (χ1) is 11.5. The molecule has 1 aliphatic carbocycles. The molecule has 0 amide bonds. The van der Waals surface area contributed by atoms with Crippen LogP contribution in [0.1, 0.15) is 51.5 Å². The summed E-state index contributed by atoms with van der Waals surface area (Å²) >= 11 is 2.66. The molecule has 2 N–H and O–H groups in total. The second-order valence-electron chi connectivity index (χ2n) is 8.28. The van der Waals surface area contributed by atoms with E-state index in [1.807, 2.05) is 0 Å². The van der Waals surface area contributed by atoms with Crippen LogP contribution in [0.4, 0.5) is 0 Å². The van der Waals surface area contributed by atoms with Crippen molar-refractivity contribution in [3.8, 4) is 0 Å². The molecule has 0 fully saturated rings. The zero-order valence-electron chi connectivity index (χ0n) is 15.2. The third kappa shape index (κ3) is 3.49. The lowest BCUT2D eigenvalue weighted by molar-refractivity contribution is -0.138. The normalized spacial score (nSPS) is 18.4. The molecular weight excluding hydrogens is 356 g/mol. The molecule has 0 saturated carbocycles. The molecule has 1 unspecified atom stereocenters. The number of aryl methyl sites for hydroxylation is 1. The van der Waals surface area contributed by atoms with Gasteiger partial charge in [0.2, 0.25) is 0 Å². The molecule has 2 aromatic rings. The van der Waals surface area contributed by atoms with Crippen molar-refractivity contribution in [2.24, 2.45) is 11.3 Å². The van der Waals surface area contributed by atoms with Gasteiger partial charge in [0.25, 0.3) is 5.56 Å². The lowest BCUT2D eigenvalue weighted by Crippen LogP contribution is -2.28. The van der Waals surface area contributed by atoms with Crippen LogP contribution in [0, 0.1) is 11.3 Å². The number of hydrogen-bond donors (Lipinski definition) is 2. The zero-order valence-corrected chi connectivity index (χ0v) is 16.9. The number of aromatic nitrogens is 2. The van der Waals surface area contributed by atoms with Crippen LogP contribution >= 0.6 is 23.1 Å². The molecule has 0 saturated heterocycles. The maximum atomic E-state index is 12.6. The topological polar surface area (TPSA) is 83.0 Å². The monoisotopic (exact) mass is 380 g/mol. The van der Waals surface area contributed by atoms with Gasteiger partial charge in [-0.1, -0.05) is 32.5 Å². The number of thiophene rings is 1. The van der Waals surface area contributed by atoms with Crippen LogP contribution in [-0.4, -0.2) is 25.8 Å². The van der Waals surface area contributed by atoms with E-state index in [9.17, 15) is 14.7 Å². The summed E-state index contributed by atoms with van der Waals surface area (Å²) < 4.78 is -1.04. The molecule has 0 spiro atoms. The highest BCUT2D eigenvalue weighted by Crippen LogP contribution is 2.42. The molecule has 25 heavy (non-hydrogen) atoms. The second kappa shape index (κ2) is 6.13. The number of fused-ring (bicyclic) bond motifs is 3. The smallest absolute Gasteiger partial charge is 0.319 e. The van der Waals surface area contributed by atoms with Gasteiger partial charge in [0.15, 0.2) is 5.16 Å². The predicted molar refractivity (Wildman–Crippen MR) is 103 cm³/mol. The van der Waals surface area contributed by atoms with Crippen molar-refractivity contribution in [1.29, 1.82) is 0 Å². The van der Waals surface area contributed by atoms with Crippen molar-refractivity contribution in [3.63, 3.8) is 0 Å². The Bertz CT molecular complexity index is 890. The number of carboxylic acids is 1. The van der Waals surface area contributed by atoms with Crippen LogP contribution < -0.4 is 5.56 Å². The summed E-state index contributed by atoms with van der Waals surface area (Å²) in [5.41, 5.74) is 1.24. The first-order valence-corrected chi connectivity index (χ1v) is 10.1. The number of hydrogen-bond acceptors (Lipinski definition) is 5. The molecule has 0 bridgehead atoms. The SMILES string of the molecule is CC(C)(Sc1nc2sc3c(c2c(=O)[nH]1)CCC(C(C)(C)C)C3)C(=O)O. The number of aliphatic carboxylic acids is 1. The fraction of sp³-hybridized carbons (Fsp3) is 0.611. The largest absolute Gasteiger partial charge is 0.480 e. The maximum Gasteiger partial charge on any atom is 0.319 e. The van der Waals surface area contributed by atoms with Crippen LogP contribution in [-0.2, 0) is 17.6 Å². The Morgan fingerprint density at radius 2 is 2.00 bits per heavy atom. The summed E-state index contributed by atoms with van der Waals surface area (Å²) in [6.45, 7) is 10.0. The highest BCUT2D eigenvalue weighted by Gasteiger charge is 2.33. The first kappa shape index (κ1) is 18.5. The van der Waals surface area contributed by atoms with E-state index in [-0.39, 0.29) is 11.0 Å². The van der Waals surface area contributed by atoms with Crippen molar-refractivity contribution in [1.82, 2.24) is 9.97 Å². The van der Waals surface area contributed by atoms with E-state index in [1.54, 1.807) is 25.2 Å². The van der Waals surface area contributed by atoms with Gasteiger partial charge < -0.3 is 10.1 Å². The molecule has 3 rings (SSSR count). The number of carbonyl (C=O) groups is 1. The van der Waals surface area contributed by atoms with Crippen molar-refractivity contribution in [2.45, 2.75) is 63.8 Å². The summed E-state index contributed by atoms with van der Waals surface area (Å²) in [5.74, 6) is -0.328. The molecule has 0 aliphatic heterocycles. The van der Waals surface area contributed by atoms with Crippen molar-refractivity contribution >= 4 is 39.3 Å². The Morgan fingerprint density at radius 1 is 1.32 bits per heavy atom. The summed E-state index contributed by atoms with van der Waals surface area (Å²) in [7, 11) is 0. The van der Waals surface area contributed by atoms with E-state index >= 15 is 0 Å². The van der Waals surface area contributed by atoms with E-state index in [4.69, 9.17) is 0 Å².